The molecule has 0 bridgehead atoms. The van der Waals surface area contributed by atoms with Crippen LogP contribution in [0.3, 0.4) is 0 Å². The number of hydrogen-bond acceptors (Lipinski definition) is 3. The van der Waals surface area contributed by atoms with Gasteiger partial charge in [0, 0.05) is 17.1 Å². The van der Waals surface area contributed by atoms with Gasteiger partial charge in [0.2, 0.25) is 0 Å². The van der Waals surface area contributed by atoms with E-state index in [4.69, 9.17) is 4.52 Å². The zero-order valence-electron chi connectivity index (χ0n) is 12.6. The standard InChI is InChI=1S/C17H21BrN2O/c1-12(2)15-10-17(21-19-15)16-7-4-8-20(16)11-13-5-3-6-14(18)9-13/h3,5-6,9-10,12,16H,4,7-8,11H2,1-2H3. The fourth-order valence-electron chi connectivity index (χ4n) is 2.94. The summed E-state index contributed by atoms with van der Waals surface area (Å²) in [6.07, 6.45) is 2.37. The van der Waals surface area contributed by atoms with Gasteiger partial charge in [-0.1, -0.05) is 47.1 Å². The zero-order valence-corrected chi connectivity index (χ0v) is 14.1. The molecule has 1 aliphatic rings. The Morgan fingerprint density at radius 1 is 1.38 bits per heavy atom. The van der Waals surface area contributed by atoms with Crippen LogP contribution in [0.4, 0.5) is 0 Å². The third-order valence-electron chi connectivity index (χ3n) is 4.10. The van der Waals surface area contributed by atoms with Gasteiger partial charge in [-0.25, -0.2) is 0 Å². The Kier molecular flexibility index (Phi) is 4.45. The Hall–Kier alpha value is -1.13. The summed E-state index contributed by atoms with van der Waals surface area (Å²) in [7, 11) is 0. The Balaban J connectivity index is 1.75. The van der Waals surface area contributed by atoms with Gasteiger partial charge >= 0.3 is 0 Å². The highest BCUT2D eigenvalue weighted by atomic mass is 79.9. The molecule has 1 atom stereocenters. The lowest BCUT2D eigenvalue weighted by atomic mass is 10.1. The first-order chi connectivity index (χ1) is 10.1. The quantitative estimate of drug-likeness (QED) is 0.786. The number of hydrogen-bond donors (Lipinski definition) is 0. The molecule has 1 aromatic carbocycles. The van der Waals surface area contributed by atoms with Gasteiger partial charge in [0.25, 0.3) is 0 Å². The number of likely N-dealkylation sites (tertiary alicyclic amines) is 1. The van der Waals surface area contributed by atoms with Gasteiger partial charge in [-0.05, 0) is 43.0 Å². The van der Waals surface area contributed by atoms with Gasteiger partial charge in [-0.3, -0.25) is 4.90 Å². The van der Waals surface area contributed by atoms with Gasteiger partial charge in [0.05, 0.1) is 11.7 Å². The molecule has 112 valence electrons. The van der Waals surface area contributed by atoms with Crippen molar-refractivity contribution in [3.63, 3.8) is 0 Å². The van der Waals surface area contributed by atoms with Crippen molar-refractivity contribution in [2.75, 3.05) is 6.54 Å². The number of halogens is 1. The van der Waals surface area contributed by atoms with E-state index in [1.807, 2.05) is 0 Å². The summed E-state index contributed by atoms with van der Waals surface area (Å²) >= 11 is 3.54. The fraction of sp³-hybridized carbons (Fsp3) is 0.471. The molecule has 0 spiro atoms. The Morgan fingerprint density at radius 2 is 2.24 bits per heavy atom. The Morgan fingerprint density at radius 3 is 2.95 bits per heavy atom. The summed E-state index contributed by atoms with van der Waals surface area (Å²) in [6.45, 7) is 6.38. The number of rotatable bonds is 4. The monoisotopic (exact) mass is 348 g/mol. The molecule has 3 nitrogen and oxygen atoms in total. The van der Waals surface area contributed by atoms with Crippen molar-refractivity contribution in [2.24, 2.45) is 0 Å². The summed E-state index contributed by atoms with van der Waals surface area (Å²) in [4.78, 5) is 2.49. The number of nitrogens with zero attached hydrogens (tertiary/aromatic N) is 2. The van der Waals surface area contributed by atoms with Crippen molar-refractivity contribution in [2.45, 2.75) is 45.2 Å². The molecule has 0 radical (unpaired) electrons. The molecule has 0 aliphatic carbocycles. The summed E-state index contributed by atoms with van der Waals surface area (Å²) < 4.78 is 6.74. The lowest BCUT2D eigenvalue weighted by Crippen LogP contribution is -2.22. The van der Waals surface area contributed by atoms with Crippen LogP contribution in [0.15, 0.2) is 39.3 Å². The van der Waals surface area contributed by atoms with Gasteiger partial charge in [-0.2, -0.15) is 0 Å². The second-order valence-electron chi connectivity index (χ2n) is 6.07. The van der Waals surface area contributed by atoms with Crippen LogP contribution in [0.5, 0.6) is 0 Å². The molecule has 4 heteroatoms. The van der Waals surface area contributed by atoms with Gasteiger partial charge in [-0.15, -0.1) is 0 Å². The molecule has 2 heterocycles. The molecule has 0 saturated carbocycles. The number of benzene rings is 1. The topological polar surface area (TPSA) is 29.3 Å². The highest BCUT2D eigenvalue weighted by molar-refractivity contribution is 9.10. The average molecular weight is 349 g/mol. The predicted molar refractivity (Wildman–Crippen MR) is 87.1 cm³/mol. The molecule has 1 saturated heterocycles. The molecule has 21 heavy (non-hydrogen) atoms. The molecule has 1 aliphatic heterocycles. The Bertz CT molecular complexity index is 608. The molecule has 0 amide bonds. The summed E-state index contributed by atoms with van der Waals surface area (Å²) in [6, 6.07) is 11.0. The van der Waals surface area contributed by atoms with E-state index in [1.54, 1.807) is 0 Å². The highest BCUT2D eigenvalue weighted by Gasteiger charge is 2.29. The third kappa shape index (κ3) is 3.38. The SMILES string of the molecule is CC(C)c1cc(C2CCCN2Cc2cccc(Br)c2)on1. The maximum atomic E-state index is 5.60. The van der Waals surface area contributed by atoms with E-state index >= 15 is 0 Å². The first-order valence-corrected chi connectivity index (χ1v) is 8.38. The van der Waals surface area contributed by atoms with Crippen molar-refractivity contribution in [3.05, 3.63) is 51.8 Å². The van der Waals surface area contributed by atoms with Crippen LogP contribution in [0.25, 0.3) is 0 Å². The van der Waals surface area contributed by atoms with E-state index in [0.717, 1.165) is 35.4 Å². The van der Waals surface area contributed by atoms with Crippen LogP contribution >= 0.6 is 15.9 Å². The zero-order chi connectivity index (χ0) is 14.8. The van der Waals surface area contributed by atoms with Crippen LogP contribution in [0.2, 0.25) is 0 Å². The van der Waals surface area contributed by atoms with Gasteiger partial charge in [0.15, 0.2) is 5.76 Å². The Labute approximate surface area is 134 Å². The van der Waals surface area contributed by atoms with Gasteiger partial charge < -0.3 is 4.52 Å². The second-order valence-corrected chi connectivity index (χ2v) is 6.98. The molecule has 2 aromatic rings. The lowest BCUT2D eigenvalue weighted by Gasteiger charge is -2.22. The van der Waals surface area contributed by atoms with E-state index in [0.29, 0.717) is 12.0 Å². The van der Waals surface area contributed by atoms with E-state index in [1.165, 1.54) is 12.0 Å². The van der Waals surface area contributed by atoms with Crippen molar-refractivity contribution in [1.29, 1.82) is 0 Å². The summed E-state index contributed by atoms with van der Waals surface area (Å²) in [5.41, 5.74) is 2.39. The first-order valence-electron chi connectivity index (χ1n) is 7.58. The average Bonchev–Trinajstić information content (AvgIpc) is 3.06. The smallest absolute Gasteiger partial charge is 0.154 e. The maximum Gasteiger partial charge on any atom is 0.154 e. The molecule has 3 rings (SSSR count). The fourth-order valence-corrected chi connectivity index (χ4v) is 3.39. The van der Waals surface area contributed by atoms with Crippen molar-refractivity contribution >= 4 is 15.9 Å². The van der Waals surface area contributed by atoms with E-state index < -0.39 is 0 Å². The van der Waals surface area contributed by atoms with Crippen LogP contribution in [-0.4, -0.2) is 16.6 Å². The molecule has 1 unspecified atom stereocenters. The van der Waals surface area contributed by atoms with Crippen molar-refractivity contribution < 1.29 is 4.52 Å². The molecule has 1 aromatic heterocycles. The molecule has 0 N–H and O–H groups in total. The first kappa shape index (κ1) is 14.8. The van der Waals surface area contributed by atoms with E-state index in [-0.39, 0.29) is 0 Å². The largest absolute Gasteiger partial charge is 0.359 e. The van der Waals surface area contributed by atoms with Crippen LogP contribution < -0.4 is 0 Å². The van der Waals surface area contributed by atoms with E-state index in [2.05, 4.69) is 70.2 Å². The van der Waals surface area contributed by atoms with Crippen molar-refractivity contribution in [1.82, 2.24) is 10.1 Å². The maximum absolute atomic E-state index is 5.60. The minimum absolute atomic E-state index is 0.365. The lowest BCUT2D eigenvalue weighted by molar-refractivity contribution is 0.206. The molecule has 1 fully saturated rings. The highest BCUT2D eigenvalue weighted by Crippen LogP contribution is 2.34. The van der Waals surface area contributed by atoms with Crippen LogP contribution in [0.1, 0.15) is 55.7 Å². The minimum Gasteiger partial charge on any atom is -0.359 e. The second kappa shape index (κ2) is 6.32. The predicted octanol–water partition coefficient (Wildman–Crippen LogP) is 4.90. The van der Waals surface area contributed by atoms with Crippen LogP contribution in [0, 0.1) is 0 Å². The molecular weight excluding hydrogens is 328 g/mol. The number of aromatic nitrogens is 1. The summed E-state index contributed by atoms with van der Waals surface area (Å²) in [5.74, 6) is 1.44. The third-order valence-corrected chi connectivity index (χ3v) is 4.60. The normalized spacial score (nSPS) is 19.5. The van der Waals surface area contributed by atoms with Crippen molar-refractivity contribution in [3.8, 4) is 0 Å². The van der Waals surface area contributed by atoms with Crippen LogP contribution in [-0.2, 0) is 6.54 Å². The van der Waals surface area contributed by atoms with E-state index in [9.17, 15) is 0 Å². The minimum atomic E-state index is 0.365. The van der Waals surface area contributed by atoms with Gasteiger partial charge in [0.1, 0.15) is 0 Å². The summed E-state index contributed by atoms with van der Waals surface area (Å²) in [5, 5.41) is 4.21. The molecular formula is C17H21BrN2O.